The maximum Gasteiger partial charge on any atom is 0.228 e. The zero-order chi connectivity index (χ0) is 19.2. The van der Waals surface area contributed by atoms with Crippen LogP contribution < -0.4 is 15.8 Å². The molecule has 1 heterocycles. The number of nitrogens with zero attached hydrogens (tertiary/aromatic N) is 3. The number of methoxy groups -OCH3 is 1. The number of alkyl halides is 1. The van der Waals surface area contributed by atoms with E-state index in [2.05, 4.69) is 32.4 Å². The number of benzene rings is 1. The van der Waals surface area contributed by atoms with Crippen molar-refractivity contribution in [3.63, 3.8) is 0 Å². The summed E-state index contributed by atoms with van der Waals surface area (Å²) in [4.78, 5) is 12.4. The Morgan fingerprint density at radius 3 is 2.78 bits per heavy atom. The highest BCUT2D eigenvalue weighted by Gasteiger charge is 2.28. The van der Waals surface area contributed by atoms with Crippen LogP contribution in [0.2, 0.25) is 0 Å². The lowest BCUT2D eigenvalue weighted by Crippen LogP contribution is -2.35. The van der Waals surface area contributed by atoms with Crippen LogP contribution in [0.15, 0.2) is 24.3 Å². The van der Waals surface area contributed by atoms with Crippen molar-refractivity contribution < 1.29 is 9.13 Å². The van der Waals surface area contributed by atoms with Crippen molar-refractivity contribution >= 4 is 11.9 Å². The monoisotopic (exact) mass is 373 g/mol. The Hall–Kier alpha value is -2.44. The molecule has 0 bridgehead atoms. The molecule has 27 heavy (non-hydrogen) atoms. The van der Waals surface area contributed by atoms with Gasteiger partial charge in [-0.05, 0) is 55.7 Å². The molecule has 1 aliphatic carbocycles. The number of nitrogen functional groups attached to an aromatic ring is 1. The molecule has 1 unspecified atom stereocenters. The quantitative estimate of drug-likeness (QED) is 0.688. The van der Waals surface area contributed by atoms with E-state index < -0.39 is 6.17 Å². The van der Waals surface area contributed by atoms with E-state index >= 15 is 0 Å². The lowest BCUT2D eigenvalue weighted by atomic mass is 9.78. The van der Waals surface area contributed by atoms with Gasteiger partial charge >= 0.3 is 0 Å². The number of ether oxygens (including phenoxy) is 1. The van der Waals surface area contributed by atoms with E-state index in [-0.39, 0.29) is 17.8 Å². The van der Waals surface area contributed by atoms with Gasteiger partial charge in [0.05, 0.1) is 7.11 Å². The lowest BCUT2D eigenvalue weighted by Gasteiger charge is -2.34. The molecule has 3 N–H and O–H groups in total. The van der Waals surface area contributed by atoms with E-state index in [0.29, 0.717) is 18.3 Å². The normalized spacial score (nSPS) is 16.4. The lowest BCUT2D eigenvalue weighted by molar-refractivity contribution is 0.265. The molecule has 2 atom stereocenters. The fourth-order valence-electron chi connectivity index (χ4n) is 3.38. The Morgan fingerprint density at radius 1 is 1.30 bits per heavy atom. The molecule has 3 rings (SSSR count). The standard InChI is InChI=1S/C20H28FN5O/c1-3-16(21)18-24-19(22)26-20(25-18)23-17(14-7-5-8-14)11-10-13-6-4-9-15(12-13)27-2/h4,6,9,12,14,16-17H,3,5,7-8,10-11H2,1-2H3,(H3,22,23,24,25,26)/t16?,17-/m0/s1. The highest BCUT2D eigenvalue weighted by molar-refractivity contribution is 5.33. The Morgan fingerprint density at radius 2 is 2.11 bits per heavy atom. The summed E-state index contributed by atoms with van der Waals surface area (Å²) < 4.78 is 19.3. The molecule has 0 spiro atoms. The van der Waals surface area contributed by atoms with Gasteiger partial charge in [-0.15, -0.1) is 0 Å². The average molecular weight is 373 g/mol. The molecular formula is C20H28FN5O. The van der Waals surface area contributed by atoms with Gasteiger partial charge < -0.3 is 15.8 Å². The molecule has 1 saturated carbocycles. The Bertz CT molecular complexity index is 753. The smallest absolute Gasteiger partial charge is 0.228 e. The predicted molar refractivity (Wildman–Crippen MR) is 104 cm³/mol. The van der Waals surface area contributed by atoms with Crippen molar-refractivity contribution in [1.29, 1.82) is 0 Å². The number of nitrogens with one attached hydrogen (secondary N) is 1. The fourth-order valence-corrected chi connectivity index (χ4v) is 3.38. The van der Waals surface area contributed by atoms with Crippen molar-refractivity contribution in [3.05, 3.63) is 35.7 Å². The molecule has 0 saturated heterocycles. The first-order valence-electron chi connectivity index (χ1n) is 9.64. The van der Waals surface area contributed by atoms with Gasteiger partial charge in [-0.25, -0.2) is 4.39 Å². The van der Waals surface area contributed by atoms with E-state index in [1.807, 2.05) is 12.1 Å². The van der Waals surface area contributed by atoms with Crippen LogP contribution in [0, 0.1) is 5.92 Å². The van der Waals surface area contributed by atoms with E-state index in [0.717, 1.165) is 18.6 Å². The topological polar surface area (TPSA) is 86.0 Å². The van der Waals surface area contributed by atoms with E-state index in [1.165, 1.54) is 24.8 Å². The summed E-state index contributed by atoms with van der Waals surface area (Å²) in [5, 5.41) is 3.40. The minimum Gasteiger partial charge on any atom is -0.497 e. The number of aromatic nitrogens is 3. The number of halogens is 1. The SMILES string of the molecule is CCC(F)c1nc(N)nc(N[C@@H](CCc2cccc(OC)c2)C2CCC2)n1. The second-order valence-electron chi connectivity index (χ2n) is 7.08. The van der Waals surface area contributed by atoms with Crippen LogP contribution in [0.25, 0.3) is 0 Å². The maximum absolute atomic E-state index is 14.0. The molecular weight excluding hydrogens is 345 g/mol. The van der Waals surface area contributed by atoms with Crippen LogP contribution in [0.4, 0.5) is 16.3 Å². The van der Waals surface area contributed by atoms with Gasteiger partial charge in [0.25, 0.3) is 0 Å². The summed E-state index contributed by atoms with van der Waals surface area (Å²) in [6.07, 6.45) is 4.55. The van der Waals surface area contributed by atoms with Gasteiger partial charge in [-0.1, -0.05) is 25.5 Å². The van der Waals surface area contributed by atoms with Crippen LogP contribution in [-0.2, 0) is 6.42 Å². The Balaban J connectivity index is 1.71. The maximum atomic E-state index is 14.0. The van der Waals surface area contributed by atoms with Gasteiger partial charge in [-0.3, -0.25) is 0 Å². The second-order valence-corrected chi connectivity index (χ2v) is 7.08. The number of aryl methyl sites for hydroxylation is 1. The number of nitrogens with two attached hydrogens (primary N) is 1. The third-order valence-corrected chi connectivity index (χ3v) is 5.22. The summed E-state index contributed by atoms with van der Waals surface area (Å²) >= 11 is 0. The second kappa shape index (κ2) is 8.97. The molecule has 0 radical (unpaired) electrons. The third kappa shape index (κ3) is 5.05. The Kier molecular flexibility index (Phi) is 6.42. The molecule has 1 aliphatic rings. The number of hydrogen-bond acceptors (Lipinski definition) is 6. The summed E-state index contributed by atoms with van der Waals surface area (Å²) in [7, 11) is 1.68. The summed E-state index contributed by atoms with van der Waals surface area (Å²) in [6.45, 7) is 1.75. The molecule has 0 aliphatic heterocycles. The molecule has 2 aromatic rings. The molecule has 1 aromatic heterocycles. The van der Waals surface area contributed by atoms with Crippen LogP contribution in [-0.4, -0.2) is 28.1 Å². The van der Waals surface area contributed by atoms with Gasteiger partial charge in [-0.2, -0.15) is 15.0 Å². The minimum absolute atomic E-state index is 0.0544. The Labute approximate surface area is 159 Å². The van der Waals surface area contributed by atoms with E-state index in [9.17, 15) is 4.39 Å². The van der Waals surface area contributed by atoms with Crippen molar-refractivity contribution in [2.75, 3.05) is 18.2 Å². The summed E-state index contributed by atoms with van der Waals surface area (Å²) in [5.74, 6) is 1.97. The number of anilines is 2. The first kappa shape index (κ1) is 19.3. The minimum atomic E-state index is -1.23. The van der Waals surface area contributed by atoms with Crippen LogP contribution in [0.1, 0.15) is 56.6 Å². The summed E-state index contributed by atoms with van der Waals surface area (Å²) in [6, 6.07) is 8.34. The zero-order valence-corrected chi connectivity index (χ0v) is 16.0. The molecule has 7 heteroatoms. The van der Waals surface area contributed by atoms with Crippen LogP contribution >= 0.6 is 0 Å². The predicted octanol–water partition coefficient (Wildman–Crippen LogP) is 4.10. The molecule has 0 amide bonds. The molecule has 6 nitrogen and oxygen atoms in total. The third-order valence-electron chi connectivity index (χ3n) is 5.22. The molecule has 146 valence electrons. The van der Waals surface area contributed by atoms with Gasteiger partial charge in [0.2, 0.25) is 11.9 Å². The zero-order valence-electron chi connectivity index (χ0n) is 16.0. The highest BCUT2D eigenvalue weighted by atomic mass is 19.1. The van der Waals surface area contributed by atoms with Crippen molar-refractivity contribution in [2.24, 2.45) is 5.92 Å². The summed E-state index contributed by atoms with van der Waals surface area (Å²) in [5.41, 5.74) is 6.99. The number of rotatable bonds is 9. The first-order chi connectivity index (χ1) is 13.1. The first-order valence-corrected chi connectivity index (χ1v) is 9.64. The number of hydrogen-bond donors (Lipinski definition) is 2. The average Bonchev–Trinajstić information content (AvgIpc) is 2.63. The van der Waals surface area contributed by atoms with Crippen LogP contribution in [0.5, 0.6) is 5.75 Å². The van der Waals surface area contributed by atoms with Crippen molar-refractivity contribution in [3.8, 4) is 5.75 Å². The molecule has 1 fully saturated rings. The fraction of sp³-hybridized carbons (Fsp3) is 0.550. The van der Waals surface area contributed by atoms with E-state index in [4.69, 9.17) is 10.5 Å². The van der Waals surface area contributed by atoms with E-state index in [1.54, 1.807) is 14.0 Å². The van der Waals surface area contributed by atoms with Gasteiger partial charge in [0.15, 0.2) is 12.0 Å². The van der Waals surface area contributed by atoms with Crippen molar-refractivity contribution in [1.82, 2.24) is 15.0 Å². The van der Waals surface area contributed by atoms with Gasteiger partial charge in [0, 0.05) is 6.04 Å². The van der Waals surface area contributed by atoms with Crippen molar-refractivity contribution in [2.45, 2.75) is 57.7 Å². The highest BCUT2D eigenvalue weighted by Crippen LogP contribution is 2.33. The largest absolute Gasteiger partial charge is 0.497 e. The van der Waals surface area contributed by atoms with Crippen LogP contribution in [0.3, 0.4) is 0 Å². The van der Waals surface area contributed by atoms with Gasteiger partial charge in [0.1, 0.15) is 5.75 Å². The molecule has 1 aromatic carbocycles.